The Labute approximate surface area is 233 Å². The van der Waals surface area contributed by atoms with E-state index in [1.807, 2.05) is 52.8 Å². The molecule has 0 bridgehead atoms. The van der Waals surface area contributed by atoms with E-state index < -0.39 is 47.6 Å². The first-order chi connectivity index (χ1) is 18.1. The van der Waals surface area contributed by atoms with Crippen LogP contribution in [0.4, 0.5) is 4.79 Å². The number of aryl methyl sites for hydroxylation is 2. The number of nitrogens with one attached hydrogen (secondary N) is 2. The lowest BCUT2D eigenvalue weighted by atomic mass is 9.90. The minimum absolute atomic E-state index is 0.0308. The van der Waals surface area contributed by atoms with Gasteiger partial charge >= 0.3 is 6.09 Å². The number of rotatable bonds is 10. The van der Waals surface area contributed by atoms with E-state index in [0.29, 0.717) is 12.0 Å². The van der Waals surface area contributed by atoms with Gasteiger partial charge in [-0.1, -0.05) is 44.4 Å². The smallest absolute Gasteiger partial charge is 0.408 e. The van der Waals surface area contributed by atoms with Crippen molar-refractivity contribution in [2.45, 2.75) is 130 Å². The highest BCUT2D eigenvalue weighted by molar-refractivity contribution is 5.95. The van der Waals surface area contributed by atoms with Gasteiger partial charge in [0, 0.05) is 11.6 Å². The van der Waals surface area contributed by atoms with Crippen LogP contribution in [0.1, 0.15) is 109 Å². The molecule has 4 amide bonds. The second-order valence-electron chi connectivity index (χ2n) is 12.3. The van der Waals surface area contributed by atoms with Crippen molar-refractivity contribution in [1.82, 2.24) is 15.5 Å². The number of hydrogen-bond acceptors (Lipinski definition) is 5. The van der Waals surface area contributed by atoms with Gasteiger partial charge in [-0.3, -0.25) is 14.4 Å². The topological polar surface area (TPSA) is 131 Å². The molecular weight excluding hydrogens is 496 g/mol. The highest BCUT2D eigenvalue weighted by atomic mass is 16.6. The molecule has 2 atom stereocenters. The third-order valence-corrected chi connectivity index (χ3v) is 7.45. The Morgan fingerprint density at radius 2 is 1.64 bits per heavy atom. The molecule has 0 radical (unpaired) electrons. The van der Waals surface area contributed by atoms with Crippen molar-refractivity contribution in [2.75, 3.05) is 0 Å². The number of benzene rings is 1. The quantitative estimate of drug-likeness (QED) is 0.397. The number of ether oxygens (including phenoxy) is 1. The Morgan fingerprint density at radius 1 is 1.03 bits per heavy atom. The minimum Gasteiger partial charge on any atom is -0.444 e. The summed E-state index contributed by atoms with van der Waals surface area (Å²) in [4.78, 5) is 54.6. The number of primary amides is 1. The lowest BCUT2D eigenvalue weighted by Gasteiger charge is -2.45. The Morgan fingerprint density at radius 3 is 2.15 bits per heavy atom. The Hall–Kier alpha value is -3.10. The predicted octanol–water partition coefficient (Wildman–Crippen LogP) is 4.58. The van der Waals surface area contributed by atoms with Crippen LogP contribution in [0.5, 0.6) is 0 Å². The van der Waals surface area contributed by atoms with Crippen LogP contribution in [0.15, 0.2) is 18.2 Å². The van der Waals surface area contributed by atoms with Crippen LogP contribution in [0, 0.1) is 13.8 Å². The molecule has 0 spiro atoms. The van der Waals surface area contributed by atoms with E-state index >= 15 is 0 Å². The number of alkyl carbamates (subject to hydrolysis) is 1. The van der Waals surface area contributed by atoms with Crippen LogP contribution < -0.4 is 16.4 Å². The second kappa shape index (κ2) is 13.3. The minimum atomic E-state index is -1.31. The van der Waals surface area contributed by atoms with E-state index in [4.69, 9.17) is 10.5 Å². The summed E-state index contributed by atoms with van der Waals surface area (Å²) in [6.07, 6.45) is 4.26. The molecule has 0 aromatic heterocycles. The third-order valence-electron chi connectivity index (χ3n) is 7.45. The van der Waals surface area contributed by atoms with Gasteiger partial charge in [-0.15, -0.1) is 0 Å². The summed E-state index contributed by atoms with van der Waals surface area (Å²) in [6.45, 7) is 14.7. The number of nitrogens with zero attached hydrogens (tertiary/aromatic N) is 1. The molecular formula is C30H48N4O5. The first kappa shape index (κ1) is 32.1. The van der Waals surface area contributed by atoms with Crippen molar-refractivity contribution < 1.29 is 23.9 Å². The maximum atomic E-state index is 14.3. The highest BCUT2D eigenvalue weighted by Crippen LogP contribution is 2.34. The fraction of sp³-hybridized carbons (Fsp3) is 0.667. The summed E-state index contributed by atoms with van der Waals surface area (Å²) < 4.78 is 5.36. The molecule has 1 saturated carbocycles. The lowest BCUT2D eigenvalue weighted by molar-refractivity contribution is -0.150. The van der Waals surface area contributed by atoms with Crippen LogP contribution in [-0.2, 0) is 19.1 Å². The summed E-state index contributed by atoms with van der Waals surface area (Å²) in [5.74, 6) is -1.61. The number of nitrogens with two attached hydrogens (primary N) is 1. The van der Waals surface area contributed by atoms with Gasteiger partial charge in [0.05, 0.1) is 6.42 Å². The molecule has 4 N–H and O–H groups in total. The molecule has 1 aromatic carbocycles. The molecule has 9 heteroatoms. The zero-order valence-corrected chi connectivity index (χ0v) is 25.0. The lowest BCUT2D eigenvalue weighted by Crippen LogP contribution is -2.60. The maximum absolute atomic E-state index is 14.3. The van der Waals surface area contributed by atoms with Crippen LogP contribution in [0.2, 0.25) is 0 Å². The van der Waals surface area contributed by atoms with E-state index in [1.54, 1.807) is 20.8 Å². The van der Waals surface area contributed by atoms with Crippen molar-refractivity contribution in [3.63, 3.8) is 0 Å². The van der Waals surface area contributed by atoms with E-state index in [1.165, 1.54) is 4.90 Å². The zero-order valence-electron chi connectivity index (χ0n) is 25.0. The zero-order chi connectivity index (χ0) is 29.5. The summed E-state index contributed by atoms with van der Waals surface area (Å²) >= 11 is 0. The normalized spacial score (nSPS) is 16.1. The van der Waals surface area contributed by atoms with Gasteiger partial charge in [0.2, 0.25) is 17.7 Å². The fourth-order valence-corrected chi connectivity index (χ4v) is 4.84. The first-order valence-corrected chi connectivity index (χ1v) is 14.0. The molecule has 1 aliphatic rings. The molecule has 9 nitrogen and oxygen atoms in total. The molecule has 0 heterocycles. The molecule has 39 heavy (non-hydrogen) atoms. The van der Waals surface area contributed by atoms with Gasteiger partial charge in [-0.2, -0.15) is 0 Å². The maximum Gasteiger partial charge on any atom is 0.408 e. The van der Waals surface area contributed by atoms with Crippen LogP contribution in [0.3, 0.4) is 0 Å². The molecule has 2 unspecified atom stereocenters. The summed E-state index contributed by atoms with van der Waals surface area (Å²) in [7, 11) is 0. The first-order valence-electron chi connectivity index (χ1n) is 14.0. The molecule has 0 aliphatic heterocycles. The van der Waals surface area contributed by atoms with Gasteiger partial charge in [0.15, 0.2) is 0 Å². The summed E-state index contributed by atoms with van der Waals surface area (Å²) in [6, 6.07) is 3.47. The van der Waals surface area contributed by atoms with Crippen LogP contribution >= 0.6 is 0 Å². The van der Waals surface area contributed by atoms with Crippen molar-refractivity contribution in [3.05, 3.63) is 34.9 Å². The average molecular weight is 545 g/mol. The largest absolute Gasteiger partial charge is 0.444 e. The molecule has 1 fully saturated rings. The molecule has 2 rings (SSSR count). The second-order valence-corrected chi connectivity index (χ2v) is 12.3. The summed E-state index contributed by atoms with van der Waals surface area (Å²) in [5, 5.41) is 5.74. The standard InChI is InChI=1S/C30H48N4O5/c1-9-30(7,8)34(27(37)23(18-24(31)35)33-28(38)39-29(4,5)6)25(21-16-15-19(2)20(3)17-21)26(36)32-22-13-11-10-12-14-22/h15-17,22-23,25H,9-14,18H2,1-8H3,(H2,31,35)(H,32,36)(H,33,38). The van der Waals surface area contributed by atoms with Crippen molar-refractivity contribution in [3.8, 4) is 0 Å². The Bertz CT molecular complexity index is 1040. The van der Waals surface area contributed by atoms with Gasteiger partial charge < -0.3 is 26.0 Å². The Balaban J connectivity index is 2.60. The number of carbonyl (C=O) groups is 4. The SMILES string of the molecule is CCC(C)(C)N(C(=O)C(CC(N)=O)NC(=O)OC(C)(C)C)C(C(=O)NC1CCCCC1)c1ccc(C)c(C)c1. The summed E-state index contributed by atoms with van der Waals surface area (Å²) in [5.41, 5.74) is 6.60. The van der Waals surface area contributed by atoms with E-state index in [2.05, 4.69) is 10.6 Å². The van der Waals surface area contributed by atoms with Crippen molar-refractivity contribution >= 4 is 23.8 Å². The van der Waals surface area contributed by atoms with Crippen LogP contribution in [-0.4, -0.2) is 51.9 Å². The Kier molecular flexibility index (Phi) is 11.0. The van der Waals surface area contributed by atoms with E-state index in [9.17, 15) is 19.2 Å². The number of carbonyl (C=O) groups excluding carboxylic acids is 4. The monoisotopic (exact) mass is 544 g/mol. The van der Waals surface area contributed by atoms with E-state index in [-0.39, 0.29) is 11.9 Å². The molecule has 1 aliphatic carbocycles. The van der Waals surface area contributed by atoms with E-state index in [0.717, 1.165) is 43.2 Å². The predicted molar refractivity (Wildman–Crippen MR) is 152 cm³/mol. The van der Waals surface area contributed by atoms with Gasteiger partial charge in [-0.25, -0.2) is 4.79 Å². The van der Waals surface area contributed by atoms with Crippen LogP contribution in [0.25, 0.3) is 0 Å². The average Bonchev–Trinajstić information content (AvgIpc) is 2.82. The van der Waals surface area contributed by atoms with Crippen molar-refractivity contribution in [2.24, 2.45) is 5.73 Å². The highest BCUT2D eigenvalue weighted by Gasteiger charge is 2.44. The number of amides is 4. The van der Waals surface area contributed by atoms with Crippen molar-refractivity contribution in [1.29, 1.82) is 0 Å². The third kappa shape index (κ3) is 9.25. The number of hydrogen-bond donors (Lipinski definition) is 3. The molecule has 0 saturated heterocycles. The van der Waals surface area contributed by atoms with Gasteiger partial charge in [-0.05, 0) is 84.4 Å². The van der Waals surface area contributed by atoms with Gasteiger partial charge in [0.1, 0.15) is 17.7 Å². The van der Waals surface area contributed by atoms with Gasteiger partial charge in [0.25, 0.3) is 0 Å². The molecule has 218 valence electrons. The molecule has 1 aromatic rings. The fourth-order valence-electron chi connectivity index (χ4n) is 4.84.